The lowest BCUT2D eigenvalue weighted by atomic mass is 9.96. The second kappa shape index (κ2) is 9.81. The summed E-state index contributed by atoms with van der Waals surface area (Å²) < 4.78 is 48.0. The highest BCUT2D eigenvalue weighted by atomic mass is 19.3. The highest BCUT2D eigenvalue weighted by Gasteiger charge is 2.44. The molecule has 3 aromatic heterocycles. The molecule has 2 aliphatic rings. The summed E-state index contributed by atoms with van der Waals surface area (Å²) >= 11 is 0. The molecular formula is C25H32F3N9. The molecule has 0 spiro atoms. The highest BCUT2D eigenvalue weighted by Crippen LogP contribution is 2.37. The minimum Gasteiger partial charge on any atom is -0.371 e. The fraction of sp³-hybridized carbons (Fsp3) is 0.520. The Morgan fingerprint density at radius 3 is 2.73 bits per heavy atom. The first-order valence-electron chi connectivity index (χ1n) is 12.7. The maximum absolute atomic E-state index is 15.5. The van der Waals surface area contributed by atoms with Crippen LogP contribution in [0.3, 0.4) is 0 Å². The number of halogens is 3. The molecule has 2 N–H and O–H groups in total. The molecule has 0 aromatic carbocycles. The van der Waals surface area contributed by atoms with Crippen molar-refractivity contribution in [3.8, 4) is 0 Å². The second-order valence-electron chi connectivity index (χ2n) is 9.72. The van der Waals surface area contributed by atoms with Crippen LogP contribution in [-0.4, -0.2) is 73.6 Å². The molecule has 0 saturated carbocycles. The lowest BCUT2D eigenvalue weighted by Crippen LogP contribution is -2.53. The normalized spacial score (nSPS) is 21.5. The van der Waals surface area contributed by atoms with Crippen molar-refractivity contribution in [3.63, 3.8) is 0 Å². The molecule has 1 fully saturated rings. The Kier molecular flexibility index (Phi) is 6.69. The average Bonchev–Trinajstić information content (AvgIpc) is 3.34. The lowest BCUT2D eigenvalue weighted by Gasteiger charge is -2.36. The number of hydrogen-bond donors (Lipinski definition) is 2. The van der Waals surface area contributed by atoms with Crippen LogP contribution >= 0.6 is 0 Å². The molecule has 37 heavy (non-hydrogen) atoms. The number of nitrogens with one attached hydrogen (secondary N) is 2. The number of alkyl halides is 2. The van der Waals surface area contributed by atoms with E-state index in [1.807, 2.05) is 22.9 Å². The molecule has 0 bridgehead atoms. The number of aryl methyl sites for hydroxylation is 1. The quantitative estimate of drug-likeness (QED) is 0.486. The third kappa shape index (κ3) is 4.58. The minimum atomic E-state index is -2.94. The van der Waals surface area contributed by atoms with Crippen LogP contribution in [0.25, 0.3) is 17.2 Å². The molecule has 198 valence electrons. The number of aromatic nitrogens is 6. The zero-order valence-electron chi connectivity index (χ0n) is 21.5. The first-order chi connectivity index (χ1) is 17.7. The molecule has 1 aliphatic heterocycles. The van der Waals surface area contributed by atoms with Gasteiger partial charge in [0, 0.05) is 31.6 Å². The summed E-state index contributed by atoms with van der Waals surface area (Å²) in [5.41, 5.74) is 3.23. The van der Waals surface area contributed by atoms with Crippen LogP contribution in [0, 0.1) is 5.82 Å². The number of allylic oxidation sites excluding steroid dienone is 3. The van der Waals surface area contributed by atoms with Gasteiger partial charge in [0.15, 0.2) is 11.6 Å². The molecule has 2 atom stereocenters. The third-order valence-corrected chi connectivity index (χ3v) is 7.03. The standard InChI is InChI=1S/C25H32F3N9/c1-5-10-36-21-15(6-2)12-16(7-8-18(21)32-34-36)20-17(26)13-37-22(20)23(29-3)31-24(33-37)30-19-9-11-35(4)14-25(19,27)28/h7-8,12-13,15,19H,5-6,9-11,14H2,1-4H3,(H2,29,30,31,33)/t15?,19-/m1/s1. The van der Waals surface area contributed by atoms with Crippen molar-refractivity contribution in [1.29, 1.82) is 0 Å². The topological polar surface area (TPSA) is 88.2 Å². The van der Waals surface area contributed by atoms with E-state index < -0.39 is 17.8 Å². The third-order valence-electron chi connectivity index (χ3n) is 7.03. The smallest absolute Gasteiger partial charge is 0.280 e. The van der Waals surface area contributed by atoms with Crippen molar-refractivity contribution in [3.05, 3.63) is 41.1 Å². The summed E-state index contributed by atoms with van der Waals surface area (Å²) in [6.45, 7) is 5.10. The Hall–Kier alpha value is -3.41. The average molecular weight is 516 g/mol. The summed E-state index contributed by atoms with van der Waals surface area (Å²) in [6.07, 6.45) is 8.94. The molecule has 12 heteroatoms. The predicted molar refractivity (Wildman–Crippen MR) is 137 cm³/mol. The molecule has 0 radical (unpaired) electrons. The van der Waals surface area contributed by atoms with Crippen LogP contribution in [0.2, 0.25) is 0 Å². The van der Waals surface area contributed by atoms with E-state index >= 15 is 4.39 Å². The SMILES string of the molecule is CCCn1nnc2c1C(CC)C=C(c1c(F)cn3nc(N[C@@H]4CCN(C)CC4(F)F)nc(NC)c13)C=C2. The van der Waals surface area contributed by atoms with Crippen molar-refractivity contribution in [1.82, 2.24) is 34.5 Å². The summed E-state index contributed by atoms with van der Waals surface area (Å²) in [7, 11) is 3.33. The van der Waals surface area contributed by atoms with Crippen LogP contribution in [0.4, 0.5) is 24.9 Å². The van der Waals surface area contributed by atoms with Gasteiger partial charge >= 0.3 is 0 Å². The van der Waals surface area contributed by atoms with Gasteiger partial charge < -0.3 is 15.5 Å². The van der Waals surface area contributed by atoms with Gasteiger partial charge in [-0.25, -0.2) is 22.4 Å². The van der Waals surface area contributed by atoms with Gasteiger partial charge in [-0.2, -0.15) is 4.98 Å². The monoisotopic (exact) mass is 515 g/mol. The lowest BCUT2D eigenvalue weighted by molar-refractivity contribution is -0.0675. The second-order valence-corrected chi connectivity index (χ2v) is 9.72. The Bertz CT molecular complexity index is 1360. The Morgan fingerprint density at radius 1 is 1.22 bits per heavy atom. The van der Waals surface area contributed by atoms with Crippen molar-refractivity contribution >= 4 is 28.9 Å². The van der Waals surface area contributed by atoms with Gasteiger partial charge in [-0.05, 0) is 38.0 Å². The Balaban J connectivity index is 1.55. The molecule has 5 rings (SSSR count). The van der Waals surface area contributed by atoms with Gasteiger partial charge in [-0.15, -0.1) is 10.2 Å². The zero-order valence-corrected chi connectivity index (χ0v) is 21.5. The van der Waals surface area contributed by atoms with E-state index in [2.05, 4.69) is 44.9 Å². The first-order valence-corrected chi connectivity index (χ1v) is 12.7. The summed E-state index contributed by atoms with van der Waals surface area (Å²) in [6, 6.07) is -1.11. The van der Waals surface area contributed by atoms with Crippen LogP contribution in [-0.2, 0) is 6.54 Å². The number of rotatable bonds is 7. The molecule has 0 amide bonds. The Labute approximate surface area is 213 Å². The summed E-state index contributed by atoms with van der Waals surface area (Å²) in [5.74, 6) is -3.08. The van der Waals surface area contributed by atoms with Crippen molar-refractivity contribution in [2.24, 2.45) is 0 Å². The van der Waals surface area contributed by atoms with E-state index in [4.69, 9.17) is 0 Å². The minimum absolute atomic E-state index is 0.0116. The van der Waals surface area contributed by atoms with Crippen LogP contribution in [0.1, 0.15) is 56.0 Å². The Morgan fingerprint density at radius 2 is 2.03 bits per heavy atom. The van der Waals surface area contributed by atoms with Gasteiger partial charge in [0.05, 0.1) is 24.5 Å². The number of piperidine rings is 1. The molecule has 4 heterocycles. The number of likely N-dealkylation sites (tertiary alicyclic amines) is 1. The first kappa shape index (κ1) is 25.2. The van der Waals surface area contributed by atoms with Crippen LogP contribution in [0.5, 0.6) is 0 Å². The number of nitrogens with zero attached hydrogens (tertiary/aromatic N) is 7. The van der Waals surface area contributed by atoms with E-state index in [9.17, 15) is 8.78 Å². The van der Waals surface area contributed by atoms with Crippen molar-refractivity contribution in [2.45, 2.75) is 57.5 Å². The summed E-state index contributed by atoms with van der Waals surface area (Å²) in [5, 5.41) is 18.8. The summed E-state index contributed by atoms with van der Waals surface area (Å²) in [4.78, 5) is 6.05. The number of anilines is 2. The van der Waals surface area contributed by atoms with Crippen LogP contribution in [0.15, 0.2) is 18.3 Å². The van der Waals surface area contributed by atoms with Gasteiger partial charge in [-0.1, -0.05) is 31.2 Å². The van der Waals surface area contributed by atoms with E-state index in [0.29, 0.717) is 29.0 Å². The molecule has 9 nitrogen and oxygen atoms in total. The van der Waals surface area contributed by atoms with Crippen molar-refractivity contribution < 1.29 is 13.2 Å². The maximum Gasteiger partial charge on any atom is 0.280 e. The number of hydrogen-bond acceptors (Lipinski definition) is 7. The van der Waals surface area contributed by atoms with Gasteiger partial charge in [-0.3, -0.25) is 0 Å². The van der Waals surface area contributed by atoms with E-state index in [0.717, 1.165) is 30.8 Å². The van der Waals surface area contributed by atoms with Crippen molar-refractivity contribution in [2.75, 3.05) is 37.8 Å². The highest BCUT2D eigenvalue weighted by molar-refractivity contribution is 5.92. The maximum atomic E-state index is 15.5. The van der Waals surface area contributed by atoms with E-state index in [1.54, 1.807) is 19.0 Å². The van der Waals surface area contributed by atoms with Gasteiger partial charge in [0.2, 0.25) is 5.95 Å². The molecule has 1 saturated heterocycles. The van der Waals surface area contributed by atoms with E-state index in [1.165, 1.54) is 10.7 Å². The predicted octanol–water partition coefficient (Wildman–Crippen LogP) is 4.27. The largest absolute Gasteiger partial charge is 0.371 e. The molecule has 1 unspecified atom stereocenters. The molecule has 3 aromatic rings. The van der Waals surface area contributed by atoms with Gasteiger partial charge in [0.25, 0.3) is 5.92 Å². The molecular weight excluding hydrogens is 483 g/mol. The molecule has 1 aliphatic carbocycles. The van der Waals surface area contributed by atoms with Crippen LogP contribution < -0.4 is 10.6 Å². The zero-order chi connectivity index (χ0) is 26.3. The van der Waals surface area contributed by atoms with Gasteiger partial charge in [0.1, 0.15) is 11.2 Å². The number of fused-ring (bicyclic) bond motifs is 2. The fourth-order valence-corrected chi connectivity index (χ4v) is 5.22. The fourth-order valence-electron chi connectivity index (χ4n) is 5.22. The van der Waals surface area contributed by atoms with E-state index in [-0.39, 0.29) is 24.8 Å².